The summed E-state index contributed by atoms with van der Waals surface area (Å²) in [6.45, 7) is 4.45. The highest BCUT2D eigenvalue weighted by atomic mass is 16.1. The van der Waals surface area contributed by atoms with E-state index in [9.17, 15) is 4.79 Å². The van der Waals surface area contributed by atoms with Crippen molar-refractivity contribution in [2.75, 3.05) is 11.6 Å². The van der Waals surface area contributed by atoms with Crippen molar-refractivity contribution in [2.24, 2.45) is 0 Å². The third kappa shape index (κ3) is 1.34. The molecule has 2 heterocycles. The van der Waals surface area contributed by atoms with Crippen LogP contribution in [0.15, 0.2) is 29.1 Å². The SMILES string of the molecule is C#C[C@]1(C)CN1n1c(C)nc2ccccc2c1=O. The van der Waals surface area contributed by atoms with Gasteiger partial charge >= 0.3 is 0 Å². The Kier molecular flexibility index (Phi) is 2.02. The molecule has 1 aliphatic rings. The Bertz CT molecular complexity index is 741. The molecule has 0 spiro atoms. The second-order valence-electron chi connectivity index (χ2n) is 4.77. The summed E-state index contributed by atoms with van der Waals surface area (Å²) in [4.78, 5) is 16.9. The molecule has 1 aliphatic heterocycles. The summed E-state index contributed by atoms with van der Waals surface area (Å²) in [5.74, 6) is 3.37. The van der Waals surface area contributed by atoms with E-state index in [1.165, 1.54) is 0 Å². The van der Waals surface area contributed by atoms with Gasteiger partial charge < -0.3 is 0 Å². The van der Waals surface area contributed by atoms with Crippen molar-refractivity contribution in [2.45, 2.75) is 19.4 Å². The zero-order chi connectivity index (χ0) is 12.9. The maximum absolute atomic E-state index is 12.4. The van der Waals surface area contributed by atoms with Crippen molar-refractivity contribution in [1.29, 1.82) is 0 Å². The van der Waals surface area contributed by atoms with E-state index >= 15 is 0 Å². The van der Waals surface area contributed by atoms with Crippen LogP contribution in [-0.4, -0.2) is 21.7 Å². The van der Waals surface area contributed by atoms with E-state index in [1.54, 1.807) is 10.7 Å². The lowest BCUT2D eigenvalue weighted by Crippen LogP contribution is -2.35. The minimum absolute atomic E-state index is 0.0583. The summed E-state index contributed by atoms with van der Waals surface area (Å²) < 4.78 is 1.59. The summed E-state index contributed by atoms with van der Waals surface area (Å²) in [7, 11) is 0. The first-order valence-electron chi connectivity index (χ1n) is 5.81. The zero-order valence-electron chi connectivity index (χ0n) is 10.3. The second-order valence-corrected chi connectivity index (χ2v) is 4.77. The first-order valence-corrected chi connectivity index (χ1v) is 5.81. The number of fused-ring (bicyclic) bond motifs is 1. The number of aryl methyl sites for hydroxylation is 1. The van der Waals surface area contributed by atoms with E-state index in [-0.39, 0.29) is 11.1 Å². The maximum atomic E-state index is 12.4. The number of nitrogens with zero attached hydrogens (tertiary/aromatic N) is 3. The molecular formula is C14H13N3O. The third-order valence-electron chi connectivity index (χ3n) is 3.39. The van der Waals surface area contributed by atoms with Gasteiger partial charge in [-0.2, -0.15) is 0 Å². The van der Waals surface area contributed by atoms with Gasteiger partial charge in [0.1, 0.15) is 11.4 Å². The molecule has 1 fully saturated rings. The molecule has 2 aromatic rings. The molecule has 0 N–H and O–H groups in total. The molecular weight excluding hydrogens is 226 g/mol. The van der Waals surface area contributed by atoms with Crippen LogP contribution in [0.4, 0.5) is 0 Å². The average molecular weight is 239 g/mol. The van der Waals surface area contributed by atoms with Crippen molar-refractivity contribution < 1.29 is 0 Å². The van der Waals surface area contributed by atoms with Crippen molar-refractivity contribution in [3.05, 3.63) is 40.4 Å². The van der Waals surface area contributed by atoms with Gasteiger partial charge in [0.25, 0.3) is 5.56 Å². The molecule has 4 heteroatoms. The number of hydrogen-bond donors (Lipinski definition) is 0. The molecule has 1 aromatic carbocycles. The summed E-state index contributed by atoms with van der Waals surface area (Å²) >= 11 is 0. The molecule has 0 unspecified atom stereocenters. The summed E-state index contributed by atoms with van der Waals surface area (Å²) in [5.41, 5.74) is 0.302. The summed E-state index contributed by atoms with van der Waals surface area (Å²) in [6.07, 6.45) is 5.48. The van der Waals surface area contributed by atoms with E-state index < -0.39 is 0 Å². The van der Waals surface area contributed by atoms with Crippen molar-refractivity contribution >= 4 is 10.9 Å². The summed E-state index contributed by atoms with van der Waals surface area (Å²) in [5, 5.41) is 2.48. The lowest BCUT2D eigenvalue weighted by atomic mass is 10.2. The fourth-order valence-electron chi connectivity index (χ4n) is 2.19. The number of terminal acetylenes is 1. The van der Waals surface area contributed by atoms with Gasteiger partial charge in [-0.1, -0.05) is 18.1 Å². The predicted octanol–water partition coefficient (Wildman–Crippen LogP) is 1.05. The quantitative estimate of drug-likeness (QED) is 0.551. The van der Waals surface area contributed by atoms with Crippen LogP contribution in [0, 0.1) is 19.3 Å². The molecule has 1 saturated heterocycles. The fourth-order valence-corrected chi connectivity index (χ4v) is 2.19. The van der Waals surface area contributed by atoms with Crippen LogP contribution in [0.2, 0.25) is 0 Å². The van der Waals surface area contributed by atoms with Gasteiger partial charge in [0.05, 0.1) is 17.4 Å². The highest BCUT2D eigenvalue weighted by molar-refractivity contribution is 5.77. The Morgan fingerprint density at radius 2 is 2.17 bits per heavy atom. The molecule has 0 amide bonds. The molecule has 0 bridgehead atoms. The molecule has 3 rings (SSSR count). The number of rotatable bonds is 1. The summed E-state index contributed by atoms with van der Waals surface area (Å²) in [6, 6.07) is 7.35. The van der Waals surface area contributed by atoms with E-state index in [2.05, 4.69) is 10.9 Å². The van der Waals surface area contributed by atoms with E-state index in [0.29, 0.717) is 17.8 Å². The standard InChI is InChI=1S/C14H13N3O/c1-4-14(3)9-16(14)17-10(2)15-12-8-6-5-7-11(12)13(17)18/h1,5-8H,9H2,2-3H3/t14-,16?/m1/s1. The van der Waals surface area contributed by atoms with E-state index in [1.807, 2.05) is 37.1 Å². The maximum Gasteiger partial charge on any atom is 0.280 e. The van der Waals surface area contributed by atoms with Crippen molar-refractivity contribution in [3.8, 4) is 12.3 Å². The minimum Gasteiger partial charge on any atom is -0.285 e. The van der Waals surface area contributed by atoms with Crippen LogP contribution < -0.4 is 10.6 Å². The lowest BCUT2D eigenvalue weighted by molar-refractivity contribution is 0.688. The van der Waals surface area contributed by atoms with E-state index in [0.717, 1.165) is 5.52 Å². The third-order valence-corrected chi connectivity index (χ3v) is 3.39. The zero-order valence-corrected chi connectivity index (χ0v) is 10.3. The highest BCUT2D eigenvalue weighted by Gasteiger charge is 2.48. The van der Waals surface area contributed by atoms with Gasteiger partial charge in [0.15, 0.2) is 0 Å². The minimum atomic E-state index is -0.362. The van der Waals surface area contributed by atoms with Crippen LogP contribution in [-0.2, 0) is 0 Å². The normalized spacial score (nSPS) is 21.9. The number of benzene rings is 1. The smallest absolute Gasteiger partial charge is 0.280 e. The first-order chi connectivity index (χ1) is 8.57. The largest absolute Gasteiger partial charge is 0.285 e. The number of hydrogen-bond acceptors (Lipinski definition) is 3. The molecule has 0 aliphatic carbocycles. The van der Waals surface area contributed by atoms with Gasteiger partial charge in [-0.15, -0.1) is 6.42 Å². The van der Waals surface area contributed by atoms with Gasteiger partial charge in [-0.05, 0) is 26.0 Å². The monoisotopic (exact) mass is 239 g/mol. The highest BCUT2D eigenvalue weighted by Crippen LogP contribution is 2.28. The Morgan fingerprint density at radius 3 is 2.83 bits per heavy atom. The first kappa shape index (κ1) is 10.8. The molecule has 4 nitrogen and oxygen atoms in total. The molecule has 0 radical (unpaired) electrons. The van der Waals surface area contributed by atoms with Crippen LogP contribution >= 0.6 is 0 Å². The average Bonchev–Trinajstić information content (AvgIpc) is 3.02. The van der Waals surface area contributed by atoms with Crippen LogP contribution in [0.3, 0.4) is 0 Å². The lowest BCUT2D eigenvalue weighted by Gasteiger charge is -2.14. The molecule has 90 valence electrons. The van der Waals surface area contributed by atoms with Crippen molar-refractivity contribution in [3.63, 3.8) is 0 Å². The van der Waals surface area contributed by atoms with Gasteiger partial charge in [0.2, 0.25) is 0 Å². The molecule has 18 heavy (non-hydrogen) atoms. The predicted molar refractivity (Wildman–Crippen MR) is 71.1 cm³/mol. The topological polar surface area (TPSA) is 37.9 Å². The fraction of sp³-hybridized carbons (Fsp3) is 0.286. The number of para-hydroxylation sites is 1. The molecule has 1 atom stereocenters. The van der Waals surface area contributed by atoms with Crippen LogP contribution in [0.1, 0.15) is 12.7 Å². The van der Waals surface area contributed by atoms with Crippen LogP contribution in [0.5, 0.6) is 0 Å². The molecule has 1 aromatic heterocycles. The Balaban J connectivity index is 2.26. The Hall–Kier alpha value is -2.28. The van der Waals surface area contributed by atoms with Crippen LogP contribution in [0.25, 0.3) is 10.9 Å². The Labute approximate surface area is 105 Å². The van der Waals surface area contributed by atoms with Gasteiger partial charge in [-0.25, -0.2) is 9.66 Å². The Morgan fingerprint density at radius 1 is 1.44 bits per heavy atom. The van der Waals surface area contributed by atoms with E-state index in [4.69, 9.17) is 6.42 Å². The van der Waals surface area contributed by atoms with Gasteiger partial charge in [-0.3, -0.25) is 9.80 Å². The van der Waals surface area contributed by atoms with Gasteiger partial charge in [0, 0.05) is 0 Å². The second kappa shape index (κ2) is 3.36. The van der Waals surface area contributed by atoms with Crippen molar-refractivity contribution in [1.82, 2.24) is 9.66 Å². The number of aromatic nitrogens is 2. The molecule has 0 saturated carbocycles.